The minimum atomic E-state index is -0.0203. The fourth-order valence-corrected chi connectivity index (χ4v) is 1.89. The molecule has 1 rings (SSSR count). The standard InChI is InChI=1S/C10H12BrNO/c1-6-3-4-7(2)10(11)9(6)8(13)5-12/h3-4H,5,12H2,1-2H3. The predicted octanol–water partition coefficient (Wildman–Crippen LogP) is 2.21. The van der Waals surface area contributed by atoms with Crippen LogP contribution in [0.25, 0.3) is 0 Å². The molecule has 0 spiro atoms. The van der Waals surface area contributed by atoms with Crippen molar-refractivity contribution in [3.05, 3.63) is 33.3 Å². The number of halogens is 1. The molecule has 0 fully saturated rings. The molecule has 0 saturated carbocycles. The molecule has 0 aromatic heterocycles. The molecule has 0 saturated heterocycles. The number of hydrogen-bond donors (Lipinski definition) is 1. The molecule has 0 radical (unpaired) electrons. The zero-order valence-corrected chi connectivity index (χ0v) is 9.31. The van der Waals surface area contributed by atoms with Crippen molar-refractivity contribution >= 4 is 21.7 Å². The molecular weight excluding hydrogens is 230 g/mol. The number of Topliss-reactive ketones (excluding diaryl/α,β-unsaturated/α-hetero) is 1. The molecule has 13 heavy (non-hydrogen) atoms. The number of aryl methyl sites for hydroxylation is 2. The number of nitrogens with two attached hydrogens (primary N) is 1. The van der Waals surface area contributed by atoms with Gasteiger partial charge in [-0.25, -0.2) is 0 Å². The van der Waals surface area contributed by atoms with E-state index < -0.39 is 0 Å². The van der Waals surface area contributed by atoms with Crippen LogP contribution in [0, 0.1) is 13.8 Å². The summed E-state index contributed by atoms with van der Waals surface area (Å²) in [5.41, 5.74) is 8.06. The summed E-state index contributed by atoms with van der Waals surface area (Å²) in [7, 11) is 0. The highest BCUT2D eigenvalue weighted by atomic mass is 79.9. The summed E-state index contributed by atoms with van der Waals surface area (Å²) in [6.07, 6.45) is 0. The summed E-state index contributed by atoms with van der Waals surface area (Å²) in [4.78, 5) is 11.5. The zero-order chi connectivity index (χ0) is 10.0. The van der Waals surface area contributed by atoms with E-state index in [9.17, 15) is 4.79 Å². The van der Waals surface area contributed by atoms with Crippen LogP contribution in [0.2, 0.25) is 0 Å². The molecule has 0 aliphatic heterocycles. The molecule has 3 heteroatoms. The quantitative estimate of drug-likeness (QED) is 0.808. The Balaban J connectivity index is 3.33. The van der Waals surface area contributed by atoms with Gasteiger partial charge in [-0.1, -0.05) is 12.1 Å². The van der Waals surface area contributed by atoms with Gasteiger partial charge in [-0.15, -0.1) is 0 Å². The van der Waals surface area contributed by atoms with Crippen LogP contribution in [0.1, 0.15) is 21.5 Å². The molecule has 0 atom stereocenters. The molecule has 70 valence electrons. The number of rotatable bonds is 2. The molecule has 0 bridgehead atoms. The highest BCUT2D eigenvalue weighted by Crippen LogP contribution is 2.24. The van der Waals surface area contributed by atoms with E-state index in [4.69, 9.17) is 5.73 Å². The van der Waals surface area contributed by atoms with Crippen molar-refractivity contribution in [3.63, 3.8) is 0 Å². The van der Waals surface area contributed by atoms with Crippen molar-refractivity contribution < 1.29 is 4.79 Å². The van der Waals surface area contributed by atoms with E-state index in [1.54, 1.807) is 0 Å². The molecule has 2 nitrogen and oxygen atoms in total. The first-order valence-electron chi connectivity index (χ1n) is 4.07. The molecule has 0 unspecified atom stereocenters. The largest absolute Gasteiger partial charge is 0.324 e. The van der Waals surface area contributed by atoms with Crippen LogP contribution in [0.5, 0.6) is 0 Å². The molecule has 2 N–H and O–H groups in total. The lowest BCUT2D eigenvalue weighted by molar-refractivity contribution is 0.1000. The number of hydrogen-bond acceptors (Lipinski definition) is 2. The maximum absolute atomic E-state index is 11.5. The lowest BCUT2D eigenvalue weighted by atomic mass is 10.0. The van der Waals surface area contributed by atoms with E-state index in [-0.39, 0.29) is 12.3 Å². The third-order valence-electron chi connectivity index (χ3n) is 2.01. The molecule has 0 amide bonds. The highest BCUT2D eigenvalue weighted by molar-refractivity contribution is 9.10. The van der Waals surface area contributed by atoms with Gasteiger partial charge in [0.15, 0.2) is 5.78 Å². The summed E-state index contributed by atoms with van der Waals surface area (Å²) in [6, 6.07) is 3.91. The summed E-state index contributed by atoms with van der Waals surface area (Å²) in [6.45, 7) is 3.92. The molecule has 1 aromatic carbocycles. The Morgan fingerprint density at radius 1 is 1.38 bits per heavy atom. The van der Waals surface area contributed by atoms with Crippen LogP contribution in [0.3, 0.4) is 0 Å². The van der Waals surface area contributed by atoms with Crippen molar-refractivity contribution in [1.29, 1.82) is 0 Å². The van der Waals surface area contributed by atoms with E-state index >= 15 is 0 Å². The van der Waals surface area contributed by atoms with Gasteiger partial charge in [0.2, 0.25) is 0 Å². The van der Waals surface area contributed by atoms with Gasteiger partial charge < -0.3 is 5.73 Å². The van der Waals surface area contributed by atoms with Crippen molar-refractivity contribution in [2.75, 3.05) is 6.54 Å². The van der Waals surface area contributed by atoms with Crippen LogP contribution in [-0.2, 0) is 0 Å². The van der Waals surface area contributed by atoms with E-state index in [1.807, 2.05) is 26.0 Å². The Morgan fingerprint density at radius 2 is 1.92 bits per heavy atom. The second-order valence-corrected chi connectivity index (χ2v) is 3.81. The van der Waals surface area contributed by atoms with Crippen LogP contribution >= 0.6 is 15.9 Å². The topological polar surface area (TPSA) is 43.1 Å². The normalized spacial score (nSPS) is 10.2. The number of carbonyl (C=O) groups is 1. The Morgan fingerprint density at radius 3 is 2.46 bits per heavy atom. The van der Waals surface area contributed by atoms with Gasteiger partial charge in [0.05, 0.1) is 6.54 Å². The van der Waals surface area contributed by atoms with Gasteiger partial charge >= 0.3 is 0 Å². The maximum atomic E-state index is 11.5. The van der Waals surface area contributed by atoms with Crippen molar-refractivity contribution in [3.8, 4) is 0 Å². The van der Waals surface area contributed by atoms with Crippen LogP contribution in [0.15, 0.2) is 16.6 Å². The van der Waals surface area contributed by atoms with Crippen LogP contribution in [-0.4, -0.2) is 12.3 Å². The second kappa shape index (κ2) is 4.03. The van der Waals surface area contributed by atoms with E-state index in [1.165, 1.54) is 0 Å². The molecule has 1 aromatic rings. The van der Waals surface area contributed by atoms with Crippen LogP contribution < -0.4 is 5.73 Å². The number of carbonyl (C=O) groups excluding carboxylic acids is 1. The molecule has 0 aliphatic carbocycles. The number of ketones is 1. The first-order valence-corrected chi connectivity index (χ1v) is 4.86. The minimum absolute atomic E-state index is 0.0203. The summed E-state index contributed by atoms with van der Waals surface area (Å²) in [5, 5.41) is 0. The Bertz CT molecular complexity index is 347. The lowest BCUT2D eigenvalue weighted by Crippen LogP contribution is -2.15. The Hall–Kier alpha value is -0.670. The molecular formula is C10H12BrNO. The zero-order valence-electron chi connectivity index (χ0n) is 7.73. The monoisotopic (exact) mass is 241 g/mol. The molecule has 0 heterocycles. The van der Waals surface area contributed by atoms with Crippen molar-refractivity contribution in [1.82, 2.24) is 0 Å². The van der Waals surface area contributed by atoms with Gasteiger partial charge in [0.1, 0.15) is 0 Å². The minimum Gasteiger partial charge on any atom is -0.324 e. The van der Waals surface area contributed by atoms with Gasteiger partial charge in [-0.2, -0.15) is 0 Å². The molecule has 0 aliphatic rings. The van der Waals surface area contributed by atoms with E-state index in [0.717, 1.165) is 15.6 Å². The highest BCUT2D eigenvalue weighted by Gasteiger charge is 2.12. The predicted molar refractivity (Wildman–Crippen MR) is 57.0 cm³/mol. The van der Waals surface area contributed by atoms with E-state index in [2.05, 4.69) is 15.9 Å². The average Bonchev–Trinajstić information content (AvgIpc) is 2.12. The Kier molecular flexibility index (Phi) is 3.22. The first-order chi connectivity index (χ1) is 6.07. The van der Waals surface area contributed by atoms with Gasteiger partial charge in [-0.3, -0.25) is 4.79 Å². The fraction of sp³-hybridized carbons (Fsp3) is 0.300. The smallest absolute Gasteiger partial charge is 0.177 e. The van der Waals surface area contributed by atoms with Gasteiger partial charge in [0, 0.05) is 10.0 Å². The van der Waals surface area contributed by atoms with Crippen LogP contribution in [0.4, 0.5) is 0 Å². The van der Waals surface area contributed by atoms with Gasteiger partial charge in [0.25, 0.3) is 0 Å². The fourth-order valence-electron chi connectivity index (χ4n) is 1.22. The van der Waals surface area contributed by atoms with E-state index in [0.29, 0.717) is 5.56 Å². The summed E-state index contributed by atoms with van der Waals surface area (Å²) in [5.74, 6) is -0.0203. The summed E-state index contributed by atoms with van der Waals surface area (Å²) < 4.78 is 0.864. The third-order valence-corrected chi connectivity index (χ3v) is 3.03. The Labute approximate surface area is 86.3 Å². The number of benzene rings is 1. The third kappa shape index (κ3) is 1.98. The lowest BCUT2D eigenvalue weighted by Gasteiger charge is -2.08. The summed E-state index contributed by atoms with van der Waals surface area (Å²) >= 11 is 3.40. The van der Waals surface area contributed by atoms with Gasteiger partial charge in [-0.05, 0) is 40.9 Å². The first kappa shape index (κ1) is 10.4. The van der Waals surface area contributed by atoms with Crippen molar-refractivity contribution in [2.24, 2.45) is 5.73 Å². The second-order valence-electron chi connectivity index (χ2n) is 3.02. The average molecular weight is 242 g/mol. The van der Waals surface area contributed by atoms with Crippen molar-refractivity contribution in [2.45, 2.75) is 13.8 Å². The SMILES string of the molecule is Cc1ccc(C)c(C(=O)CN)c1Br. The maximum Gasteiger partial charge on any atom is 0.177 e.